The van der Waals surface area contributed by atoms with Gasteiger partial charge in [0.05, 0.1) is 5.52 Å². The van der Waals surface area contributed by atoms with E-state index in [0.717, 1.165) is 23.1 Å². The maximum Gasteiger partial charge on any atom is 0.249 e. The predicted octanol–water partition coefficient (Wildman–Crippen LogP) is 4.52. The fourth-order valence-electron chi connectivity index (χ4n) is 4.00. The predicted molar refractivity (Wildman–Crippen MR) is 140 cm³/mol. The number of pyridine rings is 1. The molecule has 36 heavy (non-hydrogen) atoms. The average molecular weight is 485 g/mol. The minimum atomic E-state index is -0.900. The second-order valence-electron chi connectivity index (χ2n) is 9.68. The molecule has 4 rings (SSSR count). The lowest BCUT2D eigenvalue weighted by Gasteiger charge is -2.34. The number of anilines is 1. The first-order valence-electron chi connectivity index (χ1n) is 12.1. The largest absolute Gasteiger partial charge is 0.349 e. The quantitative estimate of drug-likeness (QED) is 0.397. The van der Waals surface area contributed by atoms with Gasteiger partial charge in [-0.2, -0.15) is 0 Å². The topological polar surface area (TPSA) is 93.0 Å². The number of rotatable bonds is 8. The van der Waals surface area contributed by atoms with Crippen LogP contribution in [-0.4, -0.2) is 37.3 Å². The highest BCUT2D eigenvalue weighted by Gasteiger charge is 2.35. The summed E-state index contributed by atoms with van der Waals surface area (Å²) in [4.78, 5) is 33.6. The SMILES string of the molecule is CCC(C)(C)NC(=O)C(c1ccncc1)N(C(=O)Cn1nnc2ccccc21)c1ccc(C)c(C)c1. The van der Waals surface area contributed by atoms with E-state index in [-0.39, 0.29) is 18.4 Å². The number of nitrogens with one attached hydrogen (secondary N) is 1. The number of carbonyl (C=O) groups excluding carboxylic acids is 2. The molecule has 0 fully saturated rings. The molecule has 0 aliphatic rings. The van der Waals surface area contributed by atoms with Crippen LogP contribution in [0.25, 0.3) is 11.0 Å². The number of hydrogen-bond donors (Lipinski definition) is 1. The summed E-state index contributed by atoms with van der Waals surface area (Å²) < 4.78 is 1.57. The molecule has 0 spiro atoms. The lowest BCUT2D eigenvalue weighted by Crippen LogP contribution is -2.51. The molecule has 0 aliphatic carbocycles. The Kier molecular flexibility index (Phi) is 7.15. The van der Waals surface area contributed by atoms with Crippen LogP contribution >= 0.6 is 0 Å². The normalized spacial score (nSPS) is 12.4. The van der Waals surface area contributed by atoms with Crippen molar-refractivity contribution >= 4 is 28.5 Å². The Morgan fingerprint density at radius 2 is 1.75 bits per heavy atom. The zero-order chi connectivity index (χ0) is 25.9. The van der Waals surface area contributed by atoms with E-state index in [9.17, 15) is 9.59 Å². The fraction of sp³-hybridized carbons (Fsp3) is 0.321. The van der Waals surface area contributed by atoms with Crippen molar-refractivity contribution in [3.8, 4) is 0 Å². The van der Waals surface area contributed by atoms with Gasteiger partial charge in [0.2, 0.25) is 11.8 Å². The molecule has 2 aromatic heterocycles. The summed E-state index contributed by atoms with van der Waals surface area (Å²) in [5.74, 6) is -0.539. The van der Waals surface area contributed by atoms with E-state index < -0.39 is 11.6 Å². The number of carbonyl (C=O) groups is 2. The Hall–Kier alpha value is -4.07. The molecular weight excluding hydrogens is 452 g/mol. The van der Waals surface area contributed by atoms with Gasteiger partial charge in [-0.25, -0.2) is 4.68 Å². The molecule has 0 radical (unpaired) electrons. The monoisotopic (exact) mass is 484 g/mol. The van der Waals surface area contributed by atoms with Crippen molar-refractivity contribution in [1.82, 2.24) is 25.3 Å². The Morgan fingerprint density at radius 1 is 1.03 bits per heavy atom. The van der Waals surface area contributed by atoms with E-state index in [2.05, 4.69) is 20.6 Å². The zero-order valence-electron chi connectivity index (χ0n) is 21.4. The van der Waals surface area contributed by atoms with E-state index >= 15 is 0 Å². The third-order valence-electron chi connectivity index (χ3n) is 6.62. The third kappa shape index (κ3) is 5.27. The minimum Gasteiger partial charge on any atom is -0.349 e. The molecule has 2 heterocycles. The highest BCUT2D eigenvalue weighted by molar-refractivity contribution is 6.01. The zero-order valence-corrected chi connectivity index (χ0v) is 21.4. The molecule has 8 heteroatoms. The molecule has 4 aromatic rings. The van der Waals surface area contributed by atoms with E-state index in [1.807, 2.05) is 77.1 Å². The Morgan fingerprint density at radius 3 is 2.44 bits per heavy atom. The Labute approximate surface area is 211 Å². The Bertz CT molecular complexity index is 1380. The molecule has 2 aromatic carbocycles. The van der Waals surface area contributed by atoms with Crippen LogP contribution in [0.3, 0.4) is 0 Å². The average Bonchev–Trinajstić information content (AvgIpc) is 3.27. The number of hydrogen-bond acceptors (Lipinski definition) is 5. The fourth-order valence-corrected chi connectivity index (χ4v) is 4.00. The number of fused-ring (bicyclic) bond motifs is 1. The molecule has 0 saturated heterocycles. The molecule has 0 bridgehead atoms. The highest BCUT2D eigenvalue weighted by atomic mass is 16.2. The van der Waals surface area contributed by atoms with Crippen LogP contribution in [-0.2, 0) is 16.1 Å². The second-order valence-corrected chi connectivity index (χ2v) is 9.68. The van der Waals surface area contributed by atoms with Crippen molar-refractivity contribution in [2.75, 3.05) is 4.90 Å². The van der Waals surface area contributed by atoms with Crippen LogP contribution in [0, 0.1) is 13.8 Å². The van der Waals surface area contributed by atoms with Gasteiger partial charge in [-0.3, -0.25) is 19.5 Å². The standard InChI is InChI=1S/C28H32N6O2/c1-6-28(4,5)30-27(36)26(21-13-15-29-16-14-21)34(22-12-11-19(2)20(3)17-22)25(35)18-33-24-10-8-7-9-23(24)31-32-33/h7-17,26H,6,18H2,1-5H3,(H,30,36). The van der Waals surface area contributed by atoms with Crippen LogP contribution in [0.5, 0.6) is 0 Å². The molecule has 186 valence electrons. The number of nitrogens with zero attached hydrogens (tertiary/aromatic N) is 5. The first kappa shape index (κ1) is 25.0. The van der Waals surface area contributed by atoms with Crippen molar-refractivity contribution in [3.05, 3.63) is 83.7 Å². The van der Waals surface area contributed by atoms with Crippen molar-refractivity contribution in [1.29, 1.82) is 0 Å². The van der Waals surface area contributed by atoms with E-state index in [1.54, 1.807) is 34.1 Å². The summed E-state index contributed by atoms with van der Waals surface area (Å²) in [5.41, 5.74) is 4.45. The molecular formula is C28H32N6O2. The number of aryl methyl sites for hydroxylation is 2. The van der Waals surface area contributed by atoms with Crippen molar-refractivity contribution in [2.24, 2.45) is 0 Å². The summed E-state index contributed by atoms with van der Waals surface area (Å²) in [7, 11) is 0. The minimum absolute atomic E-state index is 0.0700. The smallest absolute Gasteiger partial charge is 0.249 e. The van der Waals surface area contributed by atoms with Crippen molar-refractivity contribution in [2.45, 2.75) is 59.2 Å². The third-order valence-corrected chi connectivity index (χ3v) is 6.62. The number of para-hydroxylation sites is 1. The molecule has 0 aliphatic heterocycles. The lowest BCUT2D eigenvalue weighted by atomic mass is 9.98. The van der Waals surface area contributed by atoms with Gasteiger partial charge in [0.1, 0.15) is 18.1 Å². The number of aromatic nitrogens is 4. The van der Waals surface area contributed by atoms with E-state index in [1.165, 1.54) is 0 Å². The molecule has 0 saturated carbocycles. The van der Waals surface area contributed by atoms with Gasteiger partial charge >= 0.3 is 0 Å². The molecule has 2 amide bonds. The summed E-state index contributed by atoms with van der Waals surface area (Å²) >= 11 is 0. The summed E-state index contributed by atoms with van der Waals surface area (Å²) in [6.45, 7) is 9.90. The van der Waals surface area contributed by atoms with Gasteiger partial charge in [-0.1, -0.05) is 30.3 Å². The second kappa shape index (κ2) is 10.3. The molecule has 1 atom stereocenters. The first-order valence-corrected chi connectivity index (χ1v) is 12.1. The van der Waals surface area contributed by atoms with Gasteiger partial charge in [0.25, 0.3) is 0 Å². The first-order chi connectivity index (χ1) is 17.2. The summed E-state index contributed by atoms with van der Waals surface area (Å²) in [6, 6.07) is 15.9. The van der Waals surface area contributed by atoms with Crippen LogP contribution in [0.4, 0.5) is 5.69 Å². The van der Waals surface area contributed by atoms with Crippen LogP contribution < -0.4 is 10.2 Å². The van der Waals surface area contributed by atoms with Crippen LogP contribution in [0.2, 0.25) is 0 Å². The van der Waals surface area contributed by atoms with Crippen LogP contribution in [0.1, 0.15) is 49.9 Å². The number of benzene rings is 2. The highest BCUT2D eigenvalue weighted by Crippen LogP contribution is 2.30. The summed E-state index contributed by atoms with van der Waals surface area (Å²) in [5, 5.41) is 11.5. The molecule has 1 unspecified atom stereocenters. The van der Waals surface area contributed by atoms with E-state index in [4.69, 9.17) is 0 Å². The summed E-state index contributed by atoms with van der Waals surface area (Å²) in [6.07, 6.45) is 4.01. The van der Waals surface area contributed by atoms with Crippen molar-refractivity contribution in [3.63, 3.8) is 0 Å². The van der Waals surface area contributed by atoms with Crippen LogP contribution in [0.15, 0.2) is 67.0 Å². The van der Waals surface area contributed by atoms with Gasteiger partial charge in [0, 0.05) is 23.6 Å². The maximum absolute atomic E-state index is 14.0. The molecule has 1 N–H and O–H groups in total. The number of amides is 2. The van der Waals surface area contributed by atoms with Gasteiger partial charge in [-0.15, -0.1) is 5.10 Å². The van der Waals surface area contributed by atoms with Gasteiger partial charge in [0.15, 0.2) is 0 Å². The lowest BCUT2D eigenvalue weighted by molar-refractivity contribution is -0.128. The van der Waals surface area contributed by atoms with Gasteiger partial charge in [-0.05, 0) is 87.2 Å². The van der Waals surface area contributed by atoms with E-state index in [0.29, 0.717) is 16.8 Å². The van der Waals surface area contributed by atoms with Gasteiger partial charge < -0.3 is 5.32 Å². The maximum atomic E-state index is 14.0. The molecule has 8 nitrogen and oxygen atoms in total. The van der Waals surface area contributed by atoms with Crippen molar-refractivity contribution < 1.29 is 9.59 Å². The Balaban J connectivity index is 1.82.